The number of hydrogen-bond acceptors (Lipinski definition) is 5. The van der Waals surface area contributed by atoms with Crippen LogP contribution in [-0.2, 0) is 9.53 Å². The molecule has 1 amide bonds. The quantitative estimate of drug-likeness (QED) is 0.554. The fourth-order valence-electron chi connectivity index (χ4n) is 1.77. The van der Waals surface area contributed by atoms with Crippen LogP contribution in [-0.4, -0.2) is 38.2 Å². The van der Waals surface area contributed by atoms with E-state index in [1.807, 2.05) is 13.8 Å². The molecule has 0 saturated carbocycles. The summed E-state index contributed by atoms with van der Waals surface area (Å²) in [6, 6.07) is 4.77. The molecule has 0 bridgehead atoms. The second-order valence-electron chi connectivity index (χ2n) is 5.65. The normalized spacial score (nSPS) is 11.5. The lowest BCUT2D eigenvalue weighted by molar-refractivity contribution is -0.128. The molecule has 0 unspecified atom stereocenters. The highest BCUT2D eigenvalue weighted by molar-refractivity contribution is 5.92. The van der Waals surface area contributed by atoms with E-state index in [4.69, 9.17) is 14.2 Å². The van der Waals surface area contributed by atoms with Gasteiger partial charge in [0, 0.05) is 6.54 Å². The van der Waals surface area contributed by atoms with Crippen LogP contribution in [0.3, 0.4) is 0 Å². The molecule has 0 aromatic heterocycles. The third-order valence-corrected chi connectivity index (χ3v) is 3.05. The van der Waals surface area contributed by atoms with Crippen molar-refractivity contribution in [3.8, 4) is 11.5 Å². The largest absolute Gasteiger partial charge is 0.493 e. The second kappa shape index (κ2) is 9.60. The molecule has 6 heteroatoms. The Labute approximate surface area is 142 Å². The van der Waals surface area contributed by atoms with Gasteiger partial charge in [0.15, 0.2) is 17.6 Å². The second-order valence-corrected chi connectivity index (χ2v) is 5.65. The Hall–Kier alpha value is -2.50. The topological polar surface area (TPSA) is 73.9 Å². The molecule has 1 aromatic rings. The predicted molar refractivity (Wildman–Crippen MR) is 91.4 cm³/mol. The van der Waals surface area contributed by atoms with Crippen LogP contribution in [0.25, 0.3) is 0 Å². The number of benzene rings is 1. The van der Waals surface area contributed by atoms with Crippen LogP contribution >= 0.6 is 0 Å². The molecular weight excluding hydrogens is 310 g/mol. The minimum atomic E-state index is -0.902. The molecule has 1 rings (SSSR count). The maximum Gasteiger partial charge on any atom is 0.339 e. The monoisotopic (exact) mass is 335 g/mol. The zero-order valence-corrected chi connectivity index (χ0v) is 14.6. The number of ether oxygens (including phenoxy) is 3. The molecule has 132 valence electrons. The number of esters is 1. The van der Waals surface area contributed by atoms with Crippen molar-refractivity contribution in [3.63, 3.8) is 0 Å². The fraction of sp³-hybridized carbons (Fsp3) is 0.444. The van der Waals surface area contributed by atoms with E-state index < -0.39 is 12.1 Å². The number of nitrogens with one attached hydrogen (secondary N) is 1. The standard InChI is InChI=1S/C18H25NO5/c1-6-9-19-17(20)13(4)24-18(21)14-7-8-15(16(10-14)22-5)23-11-12(2)3/h6-8,10,12-13H,1,9,11H2,2-5H3,(H,19,20)/t13-/m0/s1. The van der Waals surface area contributed by atoms with Crippen molar-refractivity contribution >= 4 is 11.9 Å². The first kappa shape index (κ1) is 19.5. The molecule has 1 atom stereocenters. The number of rotatable bonds is 9. The average molecular weight is 335 g/mol. The molecule has 1 N–H and O–H groups in total. The van der Waals surface area contributed by atoms with Crippen molar-refractivity contribution in [3.05, 3.63) is 36.4 Å². The lowest BCUT2D eigenvalue weighted by Gasteiger charge is -2.15. The fourth-order valence-corrected chi connectivity index (χ4v) is 1.77. The summed E-state index contributed by atoms with van der Waals surface area (Å²) in [6.45, 7) is 9.95. The molecule has 24 heavy (non-hydrogen) atoms. The van der Waals surface area contributed by atoms with Crippen LogP contribution in [0.5, 0.6) is 11.5 Å². The van der Waals surface area contributed by atoms with Gasteiger partial charge in [0.05, 0.1) is 19.3 Å². The highest BCUT2D eigenvalue weighted by Gasteiger charge is 2.19. The SMILES string of the molecule is C=CCNC(=O)[C@H](C)OC(=O)c1ccc(OCC(C)C)c(OC)c1. The van der Waals surface area contributed by atoms with Crippen molar-refractivity contribution in [2.75, 3.05) is 20.3 Å². The Morgan fingerprint density at radius 3 is 2.54 bits per heavy atom. The first-order valence-corrected chi connectivity index (χ1v) is 7.79. The molecular formula is C18H25NO5. The summed E-state index contributed by atoms with van der Waals surface area (Å²) >= 11 is 0. The summed E-state index contributed by atoms with van der Waals surface area (Å²) in [5.41, 5.74) is 0.284. The van der Waals surface area contributed by atoms with Crippen molar-refractivity contribution in [1.82, 2.24) is 5.32 Å². The van der Waals surface area contributed by atoms with Gasteiger partial charge in [-0.15, -0.1) is 6.58 Å². The van der Waals surface area contributed by atoms with Crippen LogP contribution in [0, 0.1) is 5.92 Å². The summed E-state index contributed by atoms with van der Waals surface area (Å²) in [6.07, 6.45) is 0.646. The summed E-state index contributed by atoms with van der Waals surface area (Å²) in [7, 11) is 1.50. The Morgan fingerprint density at radius 2 is 1.96 bits per heavy atom. The predicted octanol–water partition coefficient (Wildman–Crippen LogP) is 2.58. The molecule has 1 aromatic carbocycles. The van der Waals surface area contributed by atoms with Crippen LogP contribution in [0.2, 0.25) is 0 Å². The molecule has 0 spiro atoms. The maximum atomic E-state index is 12.2. The minimum Gasteiger partial charge on any atom is -0.493 e. The van der Waals surface area contributed by atoms with Crippen molar-refractivity contribution in [1.29, 1.82) is 0 Å². The third-order valence-electron chi connectivity index (χ3n) is 3.05. The van der Waals surface area contributed by atoms with Crippen molar-refractivity contribution in [2.45, 2.75) is 26.9 Å². The first-order valence-electron chi connectivity index (χ1n) is 7.79. The van der Waals surface area contributed by atoms with E-state index >= 15 is 0 Å². The van der Waals surface area contributed by atoms with Gasteiger partial charge in [-0.3, -0.25) is 4.79 Å². The van der Waals surface area contributed by atoms with E-state index in [0.717, 1.165) is 0 Å². The molecule has 0 saturated heterocycles. The van der Waals surface area contributed by atoms with Gasteiger partial charge < -0.3 is 19.5 Å². The van der Waals surface area contributed by atoms with Crippen LogP contribution in [0.15, 0.2) is 30.9 Å². The highest BCUT2D eigenvalue weighted by Crippen LogP contribution is 2.28. The summed E-state index contributed by atoms with van der Waals surface area (Å²) in [5, 5.41) is 2.57. The van der Waals surface area contributed by atoms with Gasteiger partial charge in [-0.2, -0.15) is 0 Å². The summed E-state index contributed by atoms with van der Waals surface area (Å²) in [5.74, 6) is 0.375. The maximum absolute atomic E-state index is 12.2. The number of methoxy groups -OCH3 is 1. The van der Waals surface area contributed by atoms with Gasteiger partial charge in [-0.05, 0) is 31.0 Å². The number of hydrogen-bond donors (Lipinski definition) is 1. The van der Waals surface area contributed by atoms with Crippen LogP contribution < -0.4 is 14.8 Å². The lowest BCUT2D eigenvalue weighted by Crippen LogP contribution is -2.35. The molecule has 0 aliphatic carbocycles. The lowest BCUT2D eigenvalue weighted by atomic mass is 10.2. The zero-order chi connectivity index (χ0) is 18.1. The molecule has 0 heterocycles. The Balaban J connectivity index is 2.76. The Morgan fingerprint density at radius 1 is 1.25 bits per heavy atom. The average Bonchev–Trinajstić information content (AvgIpc) is 2.57. The van der Waals surface area contributed by atoms with Gasteiger partial charge >= 0.3 is 5.97 Å². The van der Waals surface area contributed by atoms with E-state index in [2.05, 4.69) is 11.9 Å². The first-order chi connectivity index (χ1) is 11.4. The van der Waals surface area contributed by atoms with Gasteiger partial charge in [0.25, 0.3) is 5.91 Å². The van der Waals surface area contributed by atoms with Gasteiger partial charge in [0.2, 0.25) is 0 Å². The number of carbonyl (C=O) groups is 2. The summed E-state index contributed by atoms with van der Waals surface area (Å²) in [4.78, 5) is 23.9. The molecule has 0 aliphatic heterocycles. The molecule has 0 aliphatic rings. The summed E-state index contributed by atoms with van der Waals surface area (Å²) < 4.78 is 16.0. The Kier molecular flexibility index (Phi) is 7.82. The molecule has 6 nitrogen and oxygen atoms in total. The van der Waals surface area contributed by atoms with Crippen LogP contribution in [0.4, 0.5) is 0 Å². The van der Waals surface area contributed by atoms with Crippen molar-refractivity contribution < 1.29 is 23.8 Å². The zero-order valence-electron chi connectivity index (χ0n) is 14.6. The van der Waals surface area contributed by atoms with E-state index in [9.17, 15) is 9.59 Å². The minimum absolute atomic E-state index is 0.284. The highest BCUT2D eigenvalue weighted by atomic mass is 16.5. The van der Waals surface area contributed by atoms with Crippen molar-refractivity contribution in [2.24, 2.45) is 5.92 Å². The van der Waals surface area contributed by atoms with Gasteiger partial charge in [0.1, 0.15) is 0 Å². The van der Waals surface area contributed by atoms with Gasteiger partial charge in [-0.1, -0.05) is 19.9 Å². The van der Waals surface area contributed by atoms with E-state index in [0.29, 0.717) is 30.6 Å². The smallest absolute Gasteiger partial charge is 0.339 e. The molecule has 0 radical (unpaired) electrons. The van der Waals surface area contributed by atoms with E-state index in [1.54, 1.807) is 18.2 Å². The van der Waals surface area contributed by atoms with E-state index in [1.165, 1.54) is 20.1 Å². The molecule has 0 fully saturated rings. The Bertz CT molecular complexity index is 583. The van der Waals surface area contributed by atoms with Crippen LogP contribution in [0.1, 0.15) is 31.1 Å². The van der Waals surface area contributed by atoms with E-state index in [-0.39, 0.29) is 11.5 Å². The third kappa shape index (κ3) is 5.95. The number of carbonyl (C=O) groups excluding carboxylic acids is 2. The number of amides is 1. The van der Waals surface area contributed by atoms with Gasteiger partial charge in [-0.25, -0.2) is 4.79 Å².